The smallest absolute Gasteiger partial charge is 0.508 e. The van der Waals surface area contributed by atoms with Crippen LogP contribution in [0.1, 0.15) is 22.3 Å². The molecule has 0 spiro atoms. The summed E-state index contributed by atoms with van der Waals surface area (Å²) >= 11 is 0. The first-order chi connectivity index (χ1) is 12.0. The minimum Gasteiger partial charge on any atom is -0.545 e. The summed E-state index contributed by atoms with van der Waals surface area (Å²) in [5, 5.41) is 10.6. The molecule has 26 heavy (non-hydrogen) atoms. The molecular weight excluding hydrogens is 390 g/mol. The first-order valence-electron chi connectivity index (χ1n) is 7.29. The molecule has 0 aromatic heterocycles. The summed E-state index contributed by atoms with van der Waals surface area (Å²) in [5.74, 6) is -1.82. The number of hydrogen-bond donors (Lipinski definition) is 1. The van der Waals surface area contributed by atoms with E-state index in [0.29, 0.717) is 12.7 Å². The fourth-order valence-corrected chi connectivity index (χ4v) is 4.45. The van der Waals surface area contributed by atoms with Crippen molar-refractivity contribution >= 4 is 32.2 Å². The van der Waals surface area contributed by atoms with Crippen LogP contribution in [0, 0.1) is 0 Å². The molecule has 146 valence electrons. The number of ether oxygens (including phenoxy) is 2. The van der Waals surface area contributed by atoms with Gasteiger partial charge in [0.2, 0.25) is 20.0 Å². The van der Waals surface area contributed by atoms with E-state index in [1.807, 2.05) is 0 Å². The van der Waals surface area contributed by atoms with Gasteiger partial charge in [-0.25, -0.2) is 21.6 Å². The van der Waals surface area contributed by atoms with Gasteiger partial charge in [-0.1, -0.05) is 24.3 Å². The van der Waals surface area contributed by atoms with Gasteiger partial charge in [0.15, 0.2) is 0 Å². The predicted molar refractivity (Wildman–Crippen MR) is 88.2 cm³/mol. The van der Waals surface area contributed by atoms with Gasteiger partial charge in [-0.15, -0.1) is 4.13 Å². The van der Waals surface area contributed by atoms with Crippen molar-refractivity contribution in [3.8, 4) is 0 Å². The number of rotatable bonds is 10. The highest BCUT2D eigenvalue weighted by Gasteiger charge is 2.16. The number of carboxylic acids is 1. The summed E-state index contributed by atoms with van der Waals surface area (Å²) < 4.78 is 55.4. The van der Waals surface area contributed by atoms with Crippen LogP contribution in [0.3, 0.4) is 0 Å². The Morgan fingerprint density at radius 3 is 2.15 bits per heavy atom. The highest BCUT2D eigenvalue weighted by atomic mass is 32.3. The first kappa shape index (κ1) is 21.9. The molecular formula is C14H18NO9S2-. The maximum atomic E-state index is 11.4. The molecule has 0 unspecified atom stereocenters. The van der Waals surface area contributed by atoms with Crippen molar-refractivity contribution in [1.29, 1.82) is 0 Å². The number of carbonyl (C=O) groups is 2. The Balaban J connectivity index is 2.24. The van der Waals surface area contributed by atoms with Crippen molar-refractivity contribution < 1.29 is 41.0 Å². The standard InChI is InChI=1S/C14H19NO9S2/c1-25(19,20)15-26(21,22)10-2-8-23-14(18)24-9-7-11-3-5-12(6-4-11)13(16)17/h3-6,15H,2,7-10H2,1H3,(H,16,17)/p-1. The number of benzene rings is 1. The van der Waals surface area contributed by atoms with E-state index < -0.39 is 37.9 Å². The number of carbonyl (C=O) groups excluding carboxylic acids is 2. The Kier molecular flexibility index (Phi) is 7.99. The molecule has 0 aliphatic carbocycles. The summed E-state index contributed by atoms with van der Waals surface area (Å²) in [6.07, 6.45) is -0.0608. The Labute approximate surface area is 151 Å². The Hall–Kier alpha value is -2.18. The van der Waals surface area contributed by atoms with Crippen LogP contribution in [-0.4, -0.2) is 54.2 Å². The number of carboxylic acid groups (broad SMARTS) is 1. The highest BCUT2D eigenvalue weighted by Crippen LogP contribution is 2.05. The van der Waals surface area contributed by atoms with Crippen molar-refractivity contribution in [3.63, 3.8) is 0 Å². The third kappa shape index (κ3) is 9.34. The van der Waals surface area contributed by atoms with Gasteiger partial charge >= 0.3 is 6.16 Å². The number of sulfonamides is 2. The molecule has 1 N–H and O–H groups in total. The van der Waals surface area contributed by atoms with Gasteiger partial charge < -0.3 is 19.4 Å². The largest absolute Gasteiger partial charge is 0.545 e. The summed E-state index contributed by atoms with van der Waals surface area (Å²) in [4.78, 5) is 21.9. The molecule has 0 radical (unpaired) electrons. The minimum absolute atomic E-state index is 0.0164. The molecule has 12 heteroatoms. The third-order valence-electron chi connectivity index (χ3n) is 2.86. The van der Waals surface area contributed by atoms with Gasteiger partial charge in [0.05, 0.1) is 31.2 Å². The Morgan fingerprint density at radius 1 is 1.04 bits per heavy atom. The maximum absolute atomic E-state index is 11.4. The van der Waals surface area contributed by atoms with Crippen LogP contribution >= 0.6 is 0 Å². The van der Waals surface area contributed by atoms with E-state index in [1.165, 1.54) is 16.3 Å². The quantitative estimate of drug-likeness (QED) is 0.379. The highest BCUT2D eigenvalue weighted by molar-refractivity contribution is 8.04. The van der Waals surface area contributed by atoms with Crippen LogP contribution < -0.4 is 9.23 Å². The Bertz CT molecular complexity index is 830. The fraction of sp³-hybridized carbons (Fsp3) is 0.429. The monoisotopic (exact) mass is 408 g/mol. The van der Waals surface area contributed by atoms with Crippen molar-refractivity contribution in [2.45, 2.75) is 12.8 Å². The van der Waals surface area contributed by atoms with Crippen LogP contribution in [-0.2, 0) is 35.9 Å². The lowest BCUT2D eigenvalue weighted by molar-refractivity contribution is -0.255. The van der Waals surface area contributed by atoms with E-state index in [0.717, 1.165) is 5.56 Å². The van der Waals surface area contributed by atoms with Crippen LogP contribution in [0.2, 0.25) is 0 Å². The van der Waals surface area contributed by atoms with Crippen molar-refractivity contribution in [3.05, 3.63) is 35.4 Å². The fourth-order valence-electron chi connectivity index (χ4n) is 1.78. The average Bonchev–Trinajstić information content (AvgIpc) is 2.50. The van der Waals surface area contributed by atoms with Gasteiger partial charge in [0.1, 0.15) is 0 Å². The SMILES string of the molecule is CS(=O)(=O)NS(=O)(=O)CCCOC(=O)OCCc1ccc(C(=O)[O-])cc1. The summed E-state index contributed by atoms with van der Waals surface area (Å²) in [6, 6.07) is 5.85. The van der Waals surface area contributed by atoms with Crippen LogP contribution in [0.25, 0.3) is 0 Å². The lowest BCUT2D eigenvalue weighted by Crippen LogP contribution is -2.32. The van der Waals surface area contributed by atoms with E-state index in [4.69, 9.17) is 4.74 Å². The van der Waals surface area contributed by atoms with Gasteiger partial charge in [-0.2, -0.15) is 0 Å². The molecule has 1 aromatic carbocycles. The third-order valence-corrected chi connectivity index (χ3v) is 5.91. The molecule has 0 heterocycles. The molecule has 0 aliphatic heterocycles. The van der Waals surface area contributed by atoms with Gasteiger partial charge in [0, 0.05) is 6.42 Å². The maximum Gasteiger partial charge on any atom is 0.508 e. The summed E-state index contributed by atoms with van der Waals surface area (Å²) in [5.41, 5.74) is 0.773. The second-order valence-electron chi connectivity index (χ2n) is 5.21. The molecule has 1 aromatic rings. The van der Waals surface area contributed by atoms with Gasteiger partial charge in [-0.3, -0.25) is 0 Å². The second-order valence-corrected chi connectivity index (χ2v) is 9.06. The van der Waals surface area contributed by atoms with Gasteiger partial charge in [0.25, 0.3) is 0 Å². The lowest BCUT2D eigenvalue weighted by atomic mass is 10.1. The van der Waals surface area contributed by atoms with E-state index in [9.17, 15) is 31.5 Å². The van der Waals surface area contributed by atoms with Crippen LogP contribution in [0.4, 0.5) is 4.79 Å². The predicted octanol–water partition coefficient (Wildman–Crippen LogP) is -0.985. The lowest BCUT2D eigenvalue weighted by Gasteiger charge is -2.08. The molecule has 0 bridgehead atoms. The Morgan fingerprint density at radius 2 is 1.62 bits per heavy atom. The molecule has 0 saturated carbocycles. The van der Waals surface area contributed by atoms with Crippen LogP contribution in [0.5, 0.6) is 0 Å². The average molecular weight is 408 g/mol. The second kappa shape index (κ2) is 9.50. The van der Waals surface area contributed by atoms with Crippen LogP contribution in [0.15, 0.2) is 24.3 Å². The summed E-state index contributed by atoms with van der Waals surface area (Å²) in [7, 11) is -7.90. The molecule has 10 nitrogen and oxygen atoms in total. The van der Waals surface area contributed by atoms with Crippen molar-refractivity contribution in [1.82, 2.24) is 4.13 Å². The van der Waals surface area contributed by atoms with Gasteiger partial charge in [-0.05, 0) is 17.5 Å². The number of aromatic carboxylic acids is 1. The first-order valence-corrected chi connectivity index (χ1v) is 10.8. The molecule has 1 rings (SSSR count). The van der Waals surface area contributed by atoms with E-state index in [1.54, 1.807) is 12.1 Å². The van der Waals surface area contributed by atoms with E-state index in [-0.39, 0.29) is 25.2 Å². The zero-order valence-corrected chi connectivity index (χ0v) is 15.5. The zero-order valence-electron chi connectivity index (χ0n) is 13.8. The molecule has 0 atom stereocenters. The molecule has 0 fully saturated rings. The summed E-state index contributed by atoms with van der Waals surface area (Å²) in [6.45, 7) is -0.277. The van der Waals surface area contributed by atoms with E-state index in [2.05, 4.69) is 4.74 Å². The molecule has 0 amide bonds. The van der Waals surface area contributed by atoms with Crippen molar-refractivity contribution in [2.24, 2.45) is 0 Å². The minimum atomic E-state index is -4.02. The topological polar surface area (TPSA) is 156 Å². The normalized spacial score (nSPS) is 11.7. The zero-order chi connectivity index (χ0) is 19.8. The molecule has 0 saturated heterocycles. The number of hydrogen-bond acceptors (Lipinski definition) is 9. The van der Waals surface area contributed by atoms with E-state index >= 15 is 0 Å². The van der Waals surface area contributed by atoms with Crippen molar-refractivity contribution in [2.75, 3.05) is 25.2 Å². The molecule has 0 aliphatic rings. The number of nitrogens with one attached hydrogen (secondary N) is 1.